The van der Waals surface area contributed by atoms with Gasteiger partial charge in [-0.05, 0) is 35.9 Å². The third-order valence-corrected chi connectivity index (χ3v) is 2.62. The van der Waals surface area contributed by atoms with Crippen LogP contribution in [0.3, 0.4) is 0 Å². The van der Waals surface area contributed by atoms with Crippen LogP contribution in [0.2, 0.25) is 0 Å². The number of allylic oxidation sites excluding steroid dienone is 1. The molecule has 0 fully saturated rings. The summed E-state index contributed by atoms with van der Waals surface area (Å²) in [5.74, 6) is -3.02. The molecule has 0 radical (unpaired) electrons. The number of benzene rings is 2. The summed E-state index contributed by atoms with van der Waals surface area (Å²) in [5.41, 5.74) is 0.317. The zero-order valence-electron chi connectivity index (χ0n) is 10.2. The summed E-state index contributed by atoms with van der Waals surface area (Å²) in [7, 11) is 0. The maximum absolute atomic E-state index is 13.0. The fourth-order valence-electron chi connectivity index (χ4n) is 1.61. The molecule has 0 aliphatic rings. The lowest BCUT2D eigenvalue weighted by Gasteiger charge is -2.01. The molecule has 0 amide bonds. The lowest BCUT2D eigenvalue weighted by atomic mass is 10.1. The summed E-state index contributed by atoms with van der Waals surface area (Å²) in [4.78, 5) is 11.8. The Hall–Kier alpha value is -2.69. The van der Waals surface area contributed by atoms with Crippen molar-refractivity contribution in [1.82, 2.24) is 0 Å². The highest BCUT2D eigenvalue weighted by Crippen LogP contribution is 2.23. The van der Waals surface area contributed by atoms with Crippen LogP contribution in [-0.4, -0.2) is 16.0 Å². The number of aromatic hydroxyl groups is 2. The summed E-state index contributed by atoms with van der Waals surface area (Å²) in [6.07, 6.45) is 2.43. The normalized spacial score (nSPS) is 10.9. The van der Waals surface area contributed by atoms with Gasteiger partial charge in [-0.25, -0.2) is 8.78 Å². The largest absolute Gasteiger partial charge is 0.508 e. The van der Waals surface area contributed by atoms with Crippen molar-refractivity contribution in [2.24, 2.45) is 0 Å². The van der Waals surface area contributed by atoms with E-state index in [1.807, 2.05) is 0 Å². The molecule has 0 atom stereocenters. The SMILES string of the molecule is O=C(C=Cc1ccc(F)c(F)c1)c1ccc(O)cc1O. The number of carbonyl (C=O) groups is 1. The van der Waals surface area contributed by atoms with Crippen LogP contribution in [0.15, 0.2) is 42.5 Å². The molecule has 3 nitrogen and oxygen atoms in total. The molecule has 0 saturated carbocycles. The van der Waals surface area contributed by atoms with Crippen molar-refractivity contribution in [3.8, 4) is 11.5 Å². The molecule has 0 bridgehead atoms. The molecule has 0 saturated heterocycles. The first kappa shape index (κ1) is 13.7. The lowest BCUT2D eigenvalue weighted by Crippen LogP contribution is -1.94. The van der Waals surface area contributed by atoms with Crippen molar-refractivity contribution >= 4 is 11.9 Å². The average molecular weight is 276 g/mol. The van der Waals surface area contributed by atoms with Crippen LogP contribution in [0.4, 0.5) is 8.78 Å². The highest BCUT2D eigenvalue weighted by atomic mass is 19.2. The Balaban J connectivity index is 2.22. The molecule has 0 heterocycles. The minimum absolute atomic E-state index is 0.00151. The van der Waals surface area contributed by atoms with Crippen LogP contribution in [0, 0.1) is 11.6 Å². The topological polar surface area (TPSA) is 57.5 Å². The van der Waals surface area contributed by atoms with Crippen LogP contribution < -0.4 is 0 Å². The standard InChI is InChI=1S/C15H10F2O3/c16-12-5-1-9(7-13(12)17)2-6-14(19)11-4-3-10(18)8-15(11)20/h1-8,18,20H. The molecule has 0 aliphatic carbocycles. The van der Waals surface area contributed by atoms with Crippen molar-refractivity contribution < 1.29 is 23.8 Å². The van der Waals surface area contributed by atoms with Gasteiger partial charge in [0.15, 0.2) is 17.4 Å². The van der Waals surface area contributed by atoms with Gasteiger partial charge in [-0.1, -0.05) is 12.1 Å². The van der Waals surface area contributed by atoms with E-state index in [0.717, 1.165) is 24.3 Å². The highest BCUT2D eigenvalue weighted by molar-refractivity contribution is 6.08. The fourth-order valence-corrected chi connectivity index (χ4v) is 1.61. The molecular weight excluding hydrogens is 266 g/mol. The van der Waals surface area contributed by atoms with Crippen LogP contribution in [0.5, 0.6) is 11.5 Å². The molecule has 0 unspecified atom stereocenters. The lowest BCUT2D eigenvalue weighted by molar-refractivity contribution is 0.104. The fraction of sp³-hybridized carbons (Fsp3) is 0. The van der Waals surface area contributed by atoms with E-state index >= 15 is 0 Å². The van der Waals surface area contributed by atoms with Gasteiger partial charge in [0, 0.05) is 6.07 Å². The molecule has 20 heavy (non-hydrogen) atoms. The third kappa shape index (κ3) is 3.00. The van der Waals surface area contributed by atoms with Crippen LogP contribution in [0.1, 0.15) is 15.9 Å². The van der Waals surface area contributed by atoms with Gasteiger partial charge in [0.25, 0.3) is 0 Å². The van der Waals surface area contributed by atoms with Gasteiger partial charge in [-0.15, -0.1) is 0 Å². The summed E-state index contributed by atoms with van der Waals surface area (Å²) in [6.45, 7) is 0. The predicted octanol–water partition coefficient (Wildman–Crippen LogP) is 3.27. The Kier molecular flexibility index (Phi) is 3.79. The summed E-state index contributed by atoms with van der Waals surface area (Å²) in [5, 5.41) is 18.6. The smallest absolute Gasteiger partial charge is 0.189 e. The molecule has 0 aromatic heterocycles. The van der Waals surface area contributed by atoms with Gasteiger partial charge in [-0.2, -0.15) is 0 Å². The predicted molar refractivity (Wildman–Crippen MR) is 69.5 cm³/mol. The number of phenolic OH excluding ortho intramolecular Hbond substituents is 2. The maximum atomic E-state index is 13.0. The Labute approximate surface area is 113 Å². The Morgan fingerprint density at radius 2 is 1.75 bits per heavy atom. The minimum atomic E-state index is -1.01. The summed E-state index contributed by atoms with van der Waals surface area (Å²) in [6, 6.07) is 6.80. The monoisotopic (exact) mass is 276 g/mol. The summed E-state index contributed by atoms with van der Waals surface area (Å²) < 4.78 is 25.7. The van der Waals surface area contributed by atoms with Gasteiger partial charge >= 0.3 is 0 Å². The molecule has 2 aromatic carbocycles. The molecule has 0 spiro atoms. The van der Waals surface area contributed by atoms with E-state index in [1.54, 1.807) is 0 Å². The molecule has 5 heteroatoms. The Bertz CT molecular complexity index is 694. The molecule has 102 valence electrons. The van der Waals surface area contributed by atoms with Crippen molar-refractivity contribution in [2.45, 2.75) is 0 Å². The number of carbonyl (C=O) groups excluding carboxylic acids is 1. The zero-order valence-corrected chi connectivity index (χ0v) is 10.2. The number of rotatable bonds is 3. The van der Waals surface area contributed by atoms with E-state index in [4.69, 9.17) is 5.11 Å². The van der Waals surface area contributed by atoms with Gasteiger partial charge in [0.2, 0.25) is 0 Å². The van der Waals surface area contributed by atoms with E-state index in [-0.39, 0.29) is 17.1 Å². The van der Waals surface area contributed by atoms with Crippen LogP contribution in [0.25, 0.3) is 6.08 Å². The van der Waals surface area contributed by atoms with Gasteiger partial charge in [0.05, 0.1) is 5.56 Å². The van der Waals surface area contributed by atoms with E-state index in [1.165, 1.54) is 24.3 Å². The van der Waals surface area contributed by atoms with Gasteiger partial charge in [-0.3, -0.25) is 4.79 Å². The second-order valence-electron chi connectivity index (χ2n) is 4.07. The number of ketones is 1. The molecule has 2 aromatic rings. The van der Waals surface area contributed by atoms with Crippen molar-refractivity contribution in [1.29, 1.82) is 0 Å². The van der Waals surface area contributed by atoms with E-state index in [9.17, 15) is 18.7 Å². The Morgan fingerprint density at radius 3 is 2.40 bits per heavy atom. The second kappa shape index (κ2) is 5.52. The van der Waals surface area contributed by atoms with E-state index < -0.39 is 17.4 Å². The first-order chi connectivity index (χ1) is 9.47. The van der Waals surface area contributed by atoms with E-state index in [2.05, 4.69) is 0 Å². The van der Waals surface area contributed by atoms with Crippen molar-refractivity contribution in [3.05, 3.63) is 65.2 Å². The average Bonchev–Trinajstić information content (AvgIpc) is 2.40. The first-order valence-corrected chi connectivity index (χ1v) is 5.67. The van der Waals surface area contributed by atoms with Crippen LogP contribution in [-0.2, 0) is 0 Å². The number of hydrogen-bond donors (Lipinski definition) is 2. The van der Waals surface area contributed by atoms with Gasteiger partial charge < -0.3 is 10.2 Å². The van der Waals surface area contributed by atoms with Crippen molar-refractivity contribution in [3.63, 3.8) is 0 Å². The number of phenols is 2. The molecular formula is C15H10F2O3. The number of hydrogen-bond acceptors (Lipinski definition) is 3. The first-order valence-electron chi connectivity index (χ1n) is 5.67. The van der Waals surface area contributed by atoms with Gasteiger partial charge in [0.1, 0.15) is 11.5 Å². The summed E-state index contributed by atoms with van der Waals surface area (Å²) >= 11 is 0. The quantitative estimate of drug-likeness (QED) is 0.668. The maximum Gasteiger partial charge on any atom is 0.189 e. The zero-order chi connectivity index (χ0) is 14.7. The highest BCUT2D eigenvalue weighted by Gasteiger charge is 2.08. The number of halogens is 2. The third-order valence-electron chi connectivity index (χ3n) is 2.62. The van der Waals surface area contributed by atoms with E-state index in [0.29, 0.717) is 5.56 Å². The minimum Gasteiger partial charge on any atom is -0.508 e. The van der Waals surface area contributed by atoms with Crippen molar-refractivity contribution in [2.75, 3.05) is 0 Å². The molecule has 0 aliphatic heterocycles. The second-order valence-corrected chi connectivity index (χ2v) is 4.07. The molecule has 2 N–H and O–H groups in total. The Morgan fingerprint density at radius 1 is 1.00 bits per heavy atom. The molecule has 2 rings (SSSR count). The van der Waals surface area contributed by atoms with Crippen LogP contribution >= 0.6 is 0 Å².